The standard InChI is InChI=1S/C28H32Cl2N4O2/c1-19-25(27(35)31-28(2,3)4)32-34(26(19)21-10-12-22(29)13-11-21)24-14-9-20(18-23(24)30)8-7-15-33(5)16-17-36-6/h9-14,18H,15-17H2,1-6H3,(H,31,35). The van der Waals surface area contributed by atoms with Crippen molar-refractivity contribution in [2.75, 3.05) is 33.9 Å². The first-order valence-electron chi connectivity index (χ1n) is 11.6. The van der Waals surface area contributed by atoms with Gasteiger partial charge in [-0.1, -0.05) is 47.2 Å². The summed E-state index contributed by atoms with van der Waals surface area (Å²) in [7, 11) is 3.68. The Hall–Kier alpha value is -2.82. The Kier molecular flexibility index (Phi) is 9.21. The van der Waals surface area contributed by atoms with Crippen LogP contribution in [0.25, 0.3) is 16.9 Å². The average Bonchev–Trinajstić information content (AvgIpc) is 3.14. The van der Waals surface area contributed by atoms with E-state index in [1.54, 1.807) is 11.8 Å². The van der Waals surface area contributed by atoms with E-state index in [-0.39, 0.29) is 5.91 Å². The van der Waals surface area contributed by atoms with Crippen LogP contribution in [0.1, 0.15) is 42.4 Å². The number of rotatable bonds is 7. The van der Waals surface area contributed by atoms with E-state index in [1.165, 1.54) is 0 Å². The number of hydrogen-bond acceptors (Lipinski definition) is 4. The zero-order chi connectivity index (χ0) is 26.5. The normalized spacial score (nSPS) is 11.4. The highest BCUT2D eigenvalue weighted by Gasteiger charge is 2.25. The number of likely N-dealkylation sites (N-methyl/N-ethyl adjacent to an activating group) is 1. The molecule has 0 spiro atoms. The number of carbonyl (C=O) groups is 1. The van der Waals surface area contributed by atoms with Gasteiger partial charge in [0.05, 0.1) is 29.6 Å². The molecule has 3 rings (SSSR count). The van der Waals surface area contributed by atoms with Gasteiger partial charge in [0.25, 0.3) is 5.91 Å². The second-order valence-corrected chi connectivity index (χ2v) is 10.5. The highest BCUT2D eigenvalue weighted by Crippen LogP contribution is 2.32. The van der Waals surface area contributed by atoms with Gasteiger partial charge in [-0.25, -0.2) is 4.68 Å². The van der Waals surface area contributed by atoms with E-state index in [2.05, 4.69) is 22.1 Å². The number of amides is 1. The van der Waals surface area contributed by atoms with E-state index in [1.807, 2.05) is 77.2 Å². The minimum absolute atomic E-state index is 0.245. The maximum absolute atomic E-state index is 13.1. The first-order chi connectivity index (χ1) is 17.0. The largest absolute Gasteiger partial charge is 0.383 e. The summed E-state index contributed by atoms with van der Waals surface area (Å²) >= 11 is 12.9. The molecule has 1 aromatic heterocycles. The molecule has 0 radical (unpaired) electrons. The van der Waals surface area contributed by atoms with E-state index in [4.69, 9.17) is 33.0 Å². The Morgan fingerprint density at radius 2 is 1.86 bits per heavy atom. The van der Waals surface area contributed by atoms with Crippen LogP contribution in [0.5, 0.6) is 0 Å². The number of nitrogens with one attached hydrogen (secondary N) is 1. The summed E-state index contributed by atoms with van der Waals surface area (Å²) in [6.45, 7) is 9.78. The van der Waals surface area contributed by atoms with E-state index in [0.29, 0.717) is 34.6 Å². The van der Waals surface area contributed by atoms with Crippen LogP contribution in [0.2, 0.25) is 10.0 Å². The smallest absolute Gasteiger partial charge is 0.272 e. The van der Waals surface area contributed by atoms with Crippen LogP contribution in [0.3, 0.4) is 0 Å². The van der Waals surface area contributed by atoms with Crippen LogP contribution < -0.4 is 5.32 Å². The molecule has 3 aromatic rings. The molecule has 1 amide bonds. The van der Waals surface area contributed by atoms with Crippen molar-refractivity contribution in [2.45, 2.75) is 33.2 Å². The van der Waals surface area contributed by atoms with Gasteiger partial charge in [0.15, 0.2) is 5.69 Å². The Morgan fingerprint density at radius 3 is 2.47 bits per heavy atom. The van der Waals surface area contributed by atoms with Crippen LogP contribution in [0.15, 0.2) is 42.5 Å². The number of benzene rings is 2. The van der Waals surface area contributed by atoms with Gasteiger partial charge in [0.2, 0.25) is 0 Å². The summed E-state index contributed by atoms with van der Waals surface area (Å²) in [6.07, 6.45) is 0. The number of aromatic nitrogens is 2. The third kappa shape index (κ3) is 7.11. The first kappa shape index (κ1) is 27.8. The molecular weight excluding hydrogens is 495 g/mol. The zero-order valence-corrected chi connectivity index (χ0v) is 23.1. The Balaban J connectivity index is 2.01. The molecule has 6 nitrogen and oxygen atoms in total. The van der Waals surface area contributed by atoms with Gasteiger partial charge in [-0.05, 0) is 65.1 Å². The lowest BCUT2D eigenvalue weighted by Gasteiger charge is -2.19. The lowest BCUT2D eigenvalue weighted by molar-refractivity contribution is 0.0913. The molecule has 0 aliphatic rings. The number of halogens is 2. The molecule has 0 aliphatic heterocycles. The molecule has 0 fully saturated rings. The number of nitrogens with zero attached hydrogens (tertiary/aromatic N) is 3. The summed E-state index contributed by atoms with van der Waals surface area (Å²) < 4.78 is 6.81. The van der Waals surface area contributed by atoms with Crippen molar-refractivity contribution in [1.29, 1.82) is 0 Å². The average molecular weight is 527 g/mol. The number of methoxy groups -OCH3 is 1. The fourth-order valence-electron chi connectivity index (χ4n) is 3.59. The van der Waals surface area contributed by atoms with Crippen molar-refractivity contribution < 1.29 is 9.53 Å². The van der Waals surface area contributed by atoms with Gasteiger partial charge in [-0.2, -0.15) is 5.10 Å². The second kappa shape index (κ2) is 11.9. The molecular formula is C28H32Cl2N4O2. The van der Waals surface area contributed by atoms with Crippen molar-refractivity contribution in [3.8, 4) is 28.8 Å². The van der Waals surface area contributed by atoms with Gasteiger partial charge >= 0.3 is 0 Å². The molecule has 8 heteroatoms. The Bertz CT molecular complexity index is 1280. The lowest BCUT2D eigenvalue weighted by Crippen LogP contribution is -2.41. The van der Waals surface area contributed by atoms with Gasteiger partial charge in [-0.15, -0.1) is 0 Å². The predicted molar refractivity (Wildman–Crippen MR) is 147 cm³/mol. The summed E-state index contributed by atoms with van der Waals surface area (Å²) in [4.78, 5) is 15.2. The topological polar surface area (TPSA) is 59.4 Å². The van der Waals surface area contributed by atoms with Gasteiger partial charge in [-0.3, -0.25) is 9.69 Å². The molecule has 190 valence electrons. The van der Waals surface area contributed by atoms with E-state index in [9.17, 15) is 4.79 Å². The molecule has 0 saturated heterocycles. The molecule has 1 heterocycles. The molecule has 0 aliphatic carbocycles. The number of ether oxygens (including phenoxy) is 1. The summed E-state index contributed by atoms with van der Waals surface area (Å²) in [6, 6.07) is 13.0. The van der Waals surface area contributed by atoms with Gasteiger partial charge in [0, 0.05) is 40.9 Å². The van der Waals surface area contributed by atoms with Crippen molar-refractivity contribution in [2.24, 2.45) is 0 Å². The Morgan fingerprint density at radius 1 is 1.17 bits per heavy atom. The molecule has 0 unspecified atom stereocenters. The minimum Gasteiger partial charge on any atom is -0.383 e. The van der Waals surface area contributed by atoms with Gasteiger partial charge in [0.1, 0.15) is 0 Å². The molecule has 1 N–H and O–H groups in total. The van der Waals surface area contributed by atoms with Gasteiger partial charge < -0.3 is 10.1 Å². The van der Waals surface area contributed by atoms with Crippen LogP contribution in [-0.4, -0.2) is 60.0 Å². The maximum Gasteiger partial charge on any atom is 0.272 e. The molecule has 0 bridgehead atoms. The quantitative estimate of drug-likeness (QED) is 0.406. The van der Waals surface area contributed by atoms with Crippen LogP contribution >= 0.6 is 23.2 Å². The van der Waals surface area contributed by atoms with Crippen molar-refractivity contribution >= 4 is 29.1 Å². The summed E-state index contributed by atoms with van der Waals surface area (Å²) in [5.41, 5.74) is 3.79. The van der Waals surface area contributed by atoms with Crippen LogP contribution in [0, 0.1) is 18.8 Å². The monoisotopic (exact) mass is 526 g/mol. The SMILES string of the molecule is COCCN(C)CC#Cc1ccc(-n2nc(C(=O)NC(C)(C)C)c(C)c2-c2ccc(Cl)cc2)c(Cl)c1. The number of hydrogen-bond donors (Lipinski definition) is 1. The summed E-state index contributed by atoms with van der Waals surface area (Å²) in [5.74, 6) is 6.08. The van der Waals surface area contributed by atoms with E-state index in [0.717, 1.165) is 28.9 Å². The minimum atomic E-state index is -0.399. The maximum atomic E-state index is 13.1. The third-order valence-corrected chi connectivity index (χ3v) is 5.93. The van der Waals surface area contributed by atoms with Crippen molar-refractivity contribution in [3.05, 3.63) is 69.3 Å². The molecule has 2 aromatic carbocycles. The third-order valence-electron chi connectivity index (χ3n) is 5.38. The molecule has 36 heavy (non-hydrogen) atoms. The van der Waals surface area contributed by atoms with E-state index < -0.39 is 5.54 Å². The number of carbonyl (C=O) groups excluding carboxylic acids is 1. The Labute approximate surface area is 223 Å². The van der Waals surface area contributed by atoms with Crippen molar-refractivity contribution in [3.63, 3.8) is 0 Å². The zero-order valence-electron chi connectivity index (χ0n) is 21.6. The van der Waals surface area contributed by atoms with Crippen LogP contribution in [-0.2, 0) is 4.74 Å². The predicted octanol–water partition coefficient (Wildman–Crippen LogP) is 5.61. The fraction of sp³-hybridized carbons (Fsp3) is 0.357. The molecule has 0 atom stereocenters. The van der Waals surface area contributed by atoms with Crippen LogP contribution in [0.4, 0.5) is 0 Å². The van der Waals surface area contributed by atoms with Crippen molar-refractivity contribution in [1.82, 2.24) is 20.0 Å². The highest BCUT2D eigenvalue weighted by atomic mass is 35.5. The fourth-order valence-corrected chi connectivity index (χ4v) is 3.98. The highest BCUT2D eigenvalue weighted by molar-refractivity contribution is 6.32. The van der Waals surface area contributed by atoms with E-state index >= 15 is 0 Å². The first-order valence-corrected chi connectivity index (χ1v) is 12.4. The second-order valence-electron chi connectivity index (χ2n) is 9.64. The lowest BCUT2D eigenvalue weighted by atomic mass is 10.0. The summed E-state index contributed by atoms with van der Waals surface area (Å²) in [5, 5.41) is 8.81. The molecule has 0 saturated carbocycles.